The maximum absolute atomic E-state index is 7.20. The van der Waals surface area contributed by atoms with Gasteiger partial charge in [-0.15, -0.1) is 0 Å². The van der Waals surface area contributed by atoms with E-state index in [0.29, 0.717) is 6.67 Å². The van der Waals surface area contributed by atoms with E-state index in [9.17, 15) is 0 Å². The second kappa shape index (κ2) is 18.0. The molecule has 10 aromatic rings. The van der Waals surface area contributed by atoms with Gasteiger partial charge in [-0.25, -0.2) is 4.98 Å². The number of benzene rings is 8. The van der Waals surface area contributed by atoms with E-state index in [1.54, 1.807) is 0 Å². The Labute approximate surface area is 432 Å². The molecule has 5 heteroatoms. The zero-order chi connectivity index (χ0) is 50.9. The van der Waals surface area contributed by atoms with Crippen LogP contribution in [0.15, 0.2) is 206 Å². The van der Waals surface area contributed by atoms with Crippen molar-refractivity contribution < 1.29 is 4.74 Å². The minimum Gasteiger partial charge on any atom is -0.457 e. The summed E-state index contributed by atoms with van der Waals surface area (Å²) in [5.41, 5.74) is 15.9. The molecule has 5 nitrogen and oxygen atoms in total. The molecule has 0 radical (unpaired) electrons. The number of aromatic nitrogens is 2. The van der Waals surface area contributed by atoms with Crippen molar-refractivity contribution in [3.63, 3.8) is 0 Å². The van der Waals surface area contributed by atoms with Crippen LogP contribution in [0.25, 0.3) is 38.8 Å². The summed E-state index contributed by atoms with van der Waals surface area (Å²) in [5.74, 6) is 2.40. The molecule has 0 aliphatic carbocycles. The normalized spacial score (nSPS) is 13.2. The summed E-state index contributed by atoms with van der Waals surface area (Å²) >= 11 is 0. The Morgan fingerprint density at radius 3 is 1.53 bits per heavy atom. The lowest BCUT2D eigenvalue weighted by Gasteiger charge is -2.29. The van der Waals surface area contributed by atoms with Gasteiger partial charge in [0.25, 0.3) is 0 Å². The first kappa shape index (κ1) is 47.4. The number of nitrogens with zero attached hydrogens (tertiary/aromatic N) is 4. The molecule has 0 saturated heterocycles. The van der Waals surface area contributed by atoms with Gasteiger partial charge in [-0.1, -0.05) is 191 Å². The summed E-state index contributed by atoms with van der Waals surface area (Å²) in [4.78, 5) is 10.0. The van der Waals surface area contributed by atoms with Crippen LogP contribution < -0.4 is 14.5 Å². The molecule has 3 heterocycles. The highest BCUT2D eigenvalue weighted by atomic mass is 16.5. The monoisotopic (exact) mass is 955 g/mol. The van der Waals surface area contributed by atoms with E-state index < -0.39 is 0 Å². The van der Waals surface area contributed by atoms with Gasteiger partial charge in [0.15, 0.2) is 0 Å². The van der Waals surface area contributed by atoms with Crippen molar-refractivity contribution in [3.05, 3.63) is 240 Å². The SMILES string of the molecule is CC(C)(C)c1cc(-c2ccccc2)cc(N2CN(c3cc(Oc4ccc5c6ccc(C(C)(C)C)cc6n(-c6cc(C(C)(C)c7ccccc7)ccn6)c5c4)cc(C(C)(C)c4ccccc4)c3)c3ccccc32)c1. The number of anilines is 4. The molecule has 11 rings (SSSR count). The fourth-order valence-corrected chi connectivity index (χ4v) is 10.7. The molecule has 0 bridgehead atoms. The molecule has 73 heavy (non-hydrogen) atoms. The van der Waals surface area contributed by atoms with Crippen LogP contribution in [0.1, 0.15) is 103 Å². The molecule has 0 amide bonds. The zero-order valence-electron chi connectivity index (χ0n) is 44.0. The largest absolute Gasteiger partial charge is 0.457 e. The Hall–Kier alpha value is -7.89. The summed E-state index contributed by atoms with van der Waals surface area (Å²) in [6, 6.07) is 72.9. The van der Waals surface area contributed by atoms with E-state index in [0.717, 1.165) is 50.7 Å². The van der Waals surface area contributed by atoms with Gasteiger partial charge in [0.1, 0.15) is 24.0 Å². The first-order chi connectivity index (χ1) is 34.9. The van der Waals surface area contributed by atoms with E-state index in [2.05, 4.69) is 284 Å². The fraction of sp³-hybridized carbons (Fsp3) is 0.221. The number of rotatable bonds is 10. The predicted octanol–water partition coefficient (Wildman–Crippen LogP) is 18.1. The average molecular weight is 955 g/mol. The highest BCUT2D eigenvalue weighted by molar-refractivity contribution is 6.09. The lowest BCUT2D eigenvalue weighted by Crippen LogP contribution is -2.25. The van der Waals surface area contributed by atoms with Gasteiger partial charge < -0.3 is 14.5 Å². The van der Waals surface area contributed by atoms with E-state index in [4.69, 9.17) is 9.72 Å². The summed E-state index contributed by atoms with van der Waals surface area (Å²) in [6.45, 7) is 23.6. The van der Waals surface area contributed by atoms with E-state index in [-0.39, 0.29) is 21.7 Å². The van der Waals surface area contributed by atoms with Gasteiger partial charge in [-0.3, -0.25) is 4.57 Å². The predicted molar refractivity (Wildman–Crippen MR) is 307 cm³/mol. The summed E-state index contributed by atoms with van der Waals surface area (Å²) in [5, 5.41) is 2.33. The maximum Gasteiger partial charge on any atom is 0.137 e. The highest BCUT2D eigenvalue weighted by Gasteiger charge is 2.32. The van der Waals surface area contributed by atoms with Gasteiger partial charge in [0.2, 0.25) is 0 Å². The van der Waals surface area contributed by atoms with Gasteiger partial charge in [0, 0.05) is 51.3 Å². The number of pyridine rings is 1. The van der Waals surface area contributed by atoms with Crippen LogP contribution in [0, 0.1) is 0 Å². The Bertz CT molecular complexity index is 3650. The van der Waals surface area contributed by atoms with Gasteiger partial charge in [-0.05, 0) is 122 Å². The number of para-hydroxylation sites is 2. The van der Waals surface area contributed by atoms with Crippen LogP contribution >= 0.6 is 0 Å². The third-order valence-corrected chi connectivity index (χ3v) is 15.4. The third kappa shape index (κ3) is 8.86. The minimum absolute atomic E-state index is 0.0426. The standard InChI is InChI=1S/C68H66N4O/c1-65(2,3)50-30-32-58-59-33-31-56(44-63(59)72(62(58)41-50)64-42-51(34-35-69-64)67(7,8)48-24-16-12-17-25-48)73-57-40-53(68(9,10)49-26-18-13-19-27-49)39-55(43-57)71-45-70(60-28-20-21-29-61(60)71)54-37-47(46-22-14-11-15-23-46)36-52(38-54)66(4,5)6/h11-44H,45H2,1-10H3. The molecule has 0 spiro atoms. The Kier molecular flexibility index (Phi) is 11.7. The molecular weight excluding hydrogens is 889 g/mol. The van der Waals surface area contributed by atoms with E-state index in [1.165, 1.54) is 55.7 Å². The average Bonchev–Trinajstić information content (AvgIpc) is 3.95. The van der Waals surface area contributed by atoms with Gasteiger partial charge >= 0.3 is 0 Å². The van der Waals surface area contributed by atoms with Crippen molar-refractivity contribution in [1.82, 2.24) is 9.55 Å². The van der Waals surface area contributed by atoms with Gasteiger partial charge in [0.05, 0.1) is 22.4 Å². The van der Waals surface area contributed by atoms with Crippen molar-refractivity contribution in [2.75, 3.05) is 16.5 Å². The molecule has 0 fully saturated rings. The molecule has 0 saturated carbocycles. The molecule has 8 aromatic carbocycles. The maximum atomic E-state index is 7.20. The van der Waals surface area contributed by atoms with Crippen molar-refractivity contribution in [3.8, 4) is 28.4 Å². The minimum atomic E-state index is -0.342. The van der Waals surface area contributed by atoms with Gasteiger partial charge in [-0.2, -0.15) is 0 Å². The quantitative estimate of drug-likeness (QED) is 0.137. The molecule has 1 aliphatic rings. The summed E-state index contributed by atoms with van der Waals surface area (Å²) in [6.07, 6.45) is 1.96. The third-order valence-electron chi connectivity index (χ3n) is 15.4. The van der Waals surface area contributed by atoms with Crippen molar-refractivity contribution in [2.45, 2.75) is 90.9 Å². The van der Waals surface area contributed by atoms with Crippen LogP contribution in [0.5, 0.6) is 11.5 Å². The molecular formula is C68H66N4O. The van der Waals surface area contributed by atoms with Crippen LogP contribution in [0.2, 0.25) is 0 Å². The lowest BCUT2D eigenvalue weighted by molar-refractivity contribution is 0.480. The second-order valence-electron chi connectivity index (χ2n) is 23.1. The van der Waals surface area contributed by atoms with Crippen molar-refractivity contribution >= 4 is 44.6 Å². The fourth-order valence-electron chi connectivity index (χ4n) is 10.7. The molecule has 364 valence electrons. The van der Waals surface area contributed by atoms with Crippen LogP contribution in [0.3, 0.4) is 0 Å². The molecule has 0 unspecified atom stereocenters. The van der Waals surface area contributed by atoms with Crippen molar-refractivity contribution in [2.24, 2.45) is 0 Å². The molecule has 2 aromatic heterocycles. The van der Waals surface area contributed by atoms with E-state index >= 15 is 0 Å². The molecule has 1 aliphatic heterocycles. The summed E-state index contributed by atoms with van der Waals surface area (Å²) in [7, 11) is 0. The number of ether oxygens (including phenoxy) is 1. The Morgan fingerprint density at radius 1 is 0.384 bits per heavy atom. The smallest absolute Gasteiger partial charge is 0.137 e. The molecule has 0 atom stereocenters. The topological polar surface area (TPSA) is 33.5 Å². The van der Waals surface area contributed by atoms with E-state index in [1.807, 2.05) is 6.20 Å². The highest BCUT2D eigenvalue weighted by Crippen LogP contribution is 2.48. The van der Waals surface area contributed by atoms with Crippen molar-refractivity contribution in [1.29, 1.82) is 0 Å². The zero-order valence-corrected chi connectivity index (χ0v) is 44.0. The number of fused-ring (bicyclic) bond motifs is 4. The number of hydrogen-bond donors (Lipinski definition) is 0. The summed E-state index contributed by atoms with van der Waals surface area (Å²) < 4.78 is 9.54. The Morgan fingerprint density at radius 2 is 0.918 bits per heavy atom. The first-order valence-electron chi connectivity index (χ1n) is 25.8. The van der Waals surface area contributed by atoms with Crippen LogP contribution in [-0.2, 0) is 21.7 Å². The second-order valence-corrected chi connectivity index (χ2v) is 23.1. The van der Waals surface area contributed by atoms with Crippen LogP contribution in [0.4, 0.5) is 22.7 Å². The first-order valence-corrected chi connectivity index (χ1v) is 25.8. The Balaban J connectivity index is 1.05. The van der Waals surface area contributed by atoms with Crippen LogP contribution in [-0.4, -0.2) is 16.2 Å². The molecule has 0 N–H and O–H groups in total. The lowest BCUT2D eigenvalue weighted by atomic mass is 9.78. The number of hydrogen-bond acceptors (Lipinski definition) is 4.